The van der Waals surface area contributed by atoms with Gasteiger partial charge in [-0.1, -0.05) is 59.8 Å². The lowest BCUT2D eigenvalue weighted by Gasteiger charge is -2.11. The lowest BCUT2D eigenvalue weighted by atomic mass is 10.1. The van der Waals surface area contributed by atoms with Crippen molar-refractivity contribution in [2.24, 2.45) is 0 Å². The molecule has 6 nitrogen and oxygen atoms in total. The van der Waals surface area contributed by atoms with Gasteiger partial charge in [-0.3, -0.25) is 9.36 Å². The largest absolute Gasteiger partial charge is 0.309 e. The number of fused-ring (bicyclic) bond motifs is 1. The van der Waals surface area contributed by atoms with Crippen LogP contribution in [0.25, 0.3) is 27.0 Å². The molecular formula is C23H18ClN5OS2. The third-order valence-electron chi connectivity index (χ3n) is 5.15. The van der Waals surface area contributed by atoms with Crippen LogP contribution in [0.2, 0.25) is 5.02 Å². The van der Waals surface area contributed by atoms with Crippen LogP contribution in [-0.2, 0) is 5.75 Å². The number of hydrogen-bond acceptors (Lipinski definition) is 6. The molecule has 0 aliphatic carbocycles. The van der Waals surface area contributed by atoms with Crippen LogP contribution in [0, 0.1) is 13.8 Å². The number of H-pyrrole nitrogens is 1. The van der Waals surface area contributed by atoms with Crippen LogP contribution >= 0.6 is 34.7 Å². The van der Waals surface area contributed by atoms with Gasteiger partial charge in [-0.25, -0.2) is 4.98 Å². The predicted octanol–water partition coefficient (Wildman–Crippen LogP) is 5.79. The normalized spacial score (nSPS) is 11.3. The Labute approximate surface area is 197 Å². The summed E-state index contributed by atoms with van der Waals surface area (Å²) in [6.07, 6.45) is 0. The molecular weight excluding hydrogens is 462 g/mol. The van der Waals surface area contributed by atoms with Crippen molar-refractivity contribution in [2.75, 3.05) is 0 Å². The summed E-state index contributed by atoms with van der Waals surface area (Å²) in [5.41, 5.74) is 3.64. The van der Waals surface area contributed by atoms with Crippen LogP contribution in [0.15, 0.2) is 63.9 Å². The zero-order chi connectivity index (χ0) is 22.2. The smallest absolute Gasteiger partial charge is 0.260 e. The van der Waals surface area contributed by atoms with E-state index in [-0.39, 0.29) is 5.56 Å². The summed E-state index contributed by atoms with van der Waals surface area (Å²) in [6, 6.07) is 15.6. The summed E-state index contributed by atoms with van der Waals surface area (Å²) in [5.74, 6) is 1.87. The Balaban J connectivity index is 1.47. The van der Waals surface area contributed by atoms with Crippen molar-refractivity contribution in [3.63, 3.8) is 0 Å². The molecule has 0 radical (unpaired) electrons. The molecule has 0 aliphatic rings. The van der Waals surface area contributed by atoms with E-state index in [1.807, 2.05) is 59.3 Å². The molecule has 0 unspecified atom stereocenters. The van der Waals surface area contributed by atoms with Crippen molar-refractivity contribution in [3.8, 4) is 16.8 Å². The molecule has 0 aliphatic heterocycles. The van der Waals surface area contributed by atoms with Gasteiger partial charge in [-0.05, 0) is 31.5 Å². The molecule has 3 heterocycles. The van der Waals surface area contributed by atoms with Gasteiger partial charge in [-0.15, -0.1) is 21.5 Å². The molecule has 1 N–H and O–H groups in total. The van der Waals surface area contributed by atoms with E-state index in [1.165, 1.54) is 23.1 Å². The third kappa shape index (κ3) is 3.74. The third-order valence-corrected chi connectivity index (χ3v) is 7.29. The minimum absolute atomic E-state index is 0.168. The highest BCUT2D eigenvalue weighted by atomic mass is 35.5. The zero-order valence-electron chi connectivity index (χ0n) is 17.3. The molecule has 32 heavy (non-hydrogen) atoms. The number of rotatable bonds is 5. The first kappa shape index (κ1) is 20.9. The second-order valence-electron chi connectivity index (χ2n) is 7.26. The monoisotopic (exact) mass is 479 g/mol. The highest BCUT2D eigenvalue weighted by Crippen LogP contribution is 2.35. The predicted molar refractivity (Wildman–Crippen MR) is 131 cm³/mol. The summed E-state index contributed by atoms with van der Waals surface area (Å²) in [6.45, 7) is 3.99. The Morgan fingerprint density at radius 3 is 2.66 bits per heavy atom. The highest BCUT2D eigenvalue weighted by molar-refractivity contribution is 7.98. The zero-order valence-corrected chi connectivity index (χ0v) is 19.7. The Morgan fingerprint density at radius 1 is 1.06 bits per heavy atom. The van der Waals surface area contributed by atoms with Crippen molar-refractivity contribution < 1.29 is 0 Å². The molecule has 0 bridgehead atoms. The summed E-state index contributed by atoms with van der Waals surface area (Å²) >= 11 is 9.28. The molecule has 160 valence electrons. The number of benzene rings is 2. The topological polar surface area (TPSA) is 76.5 Å². The van der Waals surface area contributed by atoms with Crippen LogP contribution < -0.4 is 5.56 Å². The number of nitrogens with one attached hydrogen (secondary N) is 1. The lowest BCUT2D eigenvalue weighted by molar-refractivity contribution is 0.860. The number of thioether (sulfide) groups is 1. The number of hydrogen-bond donors (Lipinski definition) is 1. The van der Waals surface area contributed by atoms with E-state index in [1.54, 1.807) is 0 Å². The summed E-state index contributed by atoms with van der Waals surface area (Å²) < 4.78 is 2.03. The molecule has 0 fully saturated rings. The summed E-state index contributed by atoms with van der Waals surface area (Å²) in [4.78, 5) is 21.3. The first-order chi connectivity index (χ1) is 15.5. The molecule has 3 aromatic heterocycles. The van der Waals surface area contributed by atoms with Gasteiger partial charge in [0.1, 0.15) is 16.5 Å². The summed E-state index contributed by atoms with van der Waals surface area (Å²) in [5, 5.41) is 12.4. The van der Waals surface area contributed by atoms with Crippen molar-refractivity contribution >= 4 is 44.9 Å². The van der Waals surface area contributed by atoms with Gasteiger partial charge >= 0.3 is 0 Å². The number of para-hydroxylation sites is 1. The van der Waals surface area contributed by atoms with E-state index in [9.17, 15) is 4.79 Å². The molecule has 9 heteroatoms. The SMILES string of the molecule is Cc1ccccc1-n1c(C)nnc1SCc1nc2scc(-c3ccccc3Cl)c2c(=O)[nH]1. The molecule has 0 atom stereocenters. The second-order valence-corrected chi connectivity index (χ2v) is 9.47. The Morgan fingerprint density at radius 2 is 1.84 bits per heavy atom. The number of aromatic nitrogens is 5. The van der Waals surface area contributed by atoms with Crippen molar-refractivity contribution in [2.45, 2.75) is 24.8 Å². The quantitative estimate of drug-likeness (QED) is 0.322. The molecule has 0 amide bonds. The Kier molecular flexibility index (Phi) is 5.58. The van der Waals surface area contributed by atoms with Gasteiger partial charge in [0.15, 0.2) is 5.16 Å². The van der Waals surface area contributed by atoms with Crippen LogP contribution in [0.4, 0.5) is 0 Å². The Bertz CT molecular complexity index is 1500. The second kappa shape index (κ2) is 8.54. The fourth-order valence-electron chi connectivity index (χ4n) is 3.60. The van der Waals surface area contributed by atoms with Gasteiger partial charge in [0.25, 0.3) is 5.56 Å². The molecule has 0 saturated carbocycles. The van der Waals surface area contributed by atoms with E-state index < -0.39 is 0 Å². The van der Waals surface area contributed by atoms with Crippen LogP contribution in [0.3, 0.4) is 0 Å². The maximum Gasteiger partial charge on any atom is 0.260 e. The van der Waals surface area contributed by atoms with Gasteiger partial charge in [0, 0.05) is 21.5 Å². The lowest BCUT2D eigenvalue weighted by Crippen LogP contribution is -2.11. The molecule has 5 aromatic rings. The number of halogens is 1. The van der Waals surface area contributed by atoms with Crippen molar-refractivity contribution in [3.05, 3.63) is 86.5 Å². The maximum absolute atomic E-state index is 12.9. The number of nitrogens with zero attached hydrogens (tertiary/aromatic N) is 4. The van der Waals surface area contributed by atoms with Crippen LogP contribution in [0.5, 0.6) is 0 Å². The first-order valence-electron chi connectivity index (χ1n) is 9.89. The number of aromatic amines is 1. The van der Waals surface area contributed by atoms with Gasteiger partial charge in [0.05, 0.1) is 16.8 Å². The van der Waals surface area contributed by atoms with E-state index >= 15 is 0 Å². The maximum atomic E-state index is 12.9. The van der Waals surface area contributed by atoms with E-state index in [0.717, 1.165) is 33.4 Å². The minimum atomic E-state index is -0.168. The average molecular weight is 480 g/mol. The van der Waals surface area contributed by atoms with Crippen LogP contribution in [0.1, 0.15) is 17.2 Å². The molecule has 0 saturated heterocycles. The number of thiophene rings is 1. The average Bonchev–Trinajstić information content (AvgIpc) is 3.37. The van der Waals surface area contributed by atoms with Gasteiger partial charge in [0.2, 0.25) is 0 Å². The van der Waals surface area contributed by atoms with Gasteiger partial charge < -0.3 is 4.98 Å². The van der Waals surface area contributed by atoms with E-state index in [4.69, 9.17) is 16.6 Å². The highest BCUT2D eigenvalue weighted by Gasteiger charge is 2.17. The minimum Gasteiger partial charge on any atom is -0.309 e. The van der Waals surface area contributed by atoms with E-state index in [0.29, 0.717) is 26.8 Å². The van der Waals surface area contributed by atoms with E-state index in [2.05, 4.69) is 28.2 Å². The van der Waals surface area contributed by atoms with Crippen LogP contribution in [-0.4, -0.2) is 24.7 Å². The molecule has 2 aromatic carbocycles. The standard InChI is InChI=1S/C23H18ClN5OS2/c1-13-7-3-6-10-18(13)29-14(2)27-28-23(29)32-12-19-25-21(30)20-16(11-31-22(20)26-19)15-8-4-5-9-17(15)24/h3-11H,12H2,1-2H3,(H,25,26,30). The fourth-order valence-corrected chi connectivity index (χ4v) is 5.66. The van der Waals surface area contributed by atoms with Crippen molar-refractivity contribution in [1.82, 2.24) is 24.7 Å². The first-order valence-corrected chi connectivity index (χ1v) is 12.1. The molecule has 0 spiro atoms. The Hall–Kier alpha value is -2.94. The van der Waals surface area contributed by atoms with Crippen molar-refractivity contribution in [1.29, 1.82) is 0 Å². The molecule has 5 rings (SSSR count). The summed E-state index contributed by atoms with van der Waals surface area (Å²) in [7, 11) is 0. The fraction of sp³-hybridized carbons (Fsp3) is 0.130. The van der Waals surface area contributed by atoms with Gasteiger partial charge in [-0.2, -0.15) is 0 Å². The number of aryl methyl sites for hydroxylation is 2.